The molecule has 1 amide bonds. The van der Waals surface area contributed by atoms with Crippen LogP contribution in [0.2, 0.25) is 0 Å². The van der Waals surface area contributed by atoms with Crippen LogP contribution >= 0.6 is 0 Å². The fraction of sp³-hybridized carbons (Fsp3) is 0.433. The number of fused-ring (bicyclic) bond motifs is 1. The summed E-state index contributed by atoms with van der Waals surface area (Å²) in [5.74, 6) is 3.43. The lowest BCUT2D eigenvalue weighted by Crippen LogP contribution is -2.25. The number of anilines is 1. The number of carbonyl (C=O) groups excluding carboxylic acids is 1. The lowest BCUT2D eigenvalue weighted by molar-refractivity contribution is 0.0991. The number of furan rings is 1. The standard InChI is InChI=1S/C30H37NO6/c1-16(2)27-18(4)30(5,6)21-12-17(3)23(15-20(21)27)37-26-11-10-22(36-26)29(32)31-28-24(34-8)13-19(33-7)14-25(28)35-9/h10-16,18,27H,1-9H3,(H,31,32). The number of nitrogens with one attached hydrogen (secondary N) is 1. The Morgan fingerprint density at radius 2 is 1.62 bits per heavy atom. The normalized spacial score (nSPS) is 17.9. The molecule has 1 aliphatic rings. The topological polar surface area (TPSA) is 79.2 Å². The molecule has 1 heterocycles. The Morgan fingerprint density at radius 3 is 2.19 bits per heavy atom. The highest BCUT2D eigenvalue weighted by molar-refractivity contribution is 6.04. The molecule has 0 spiro atoms. The van der Waals surface area contributed by atoms with Crippen LogP contribution < -0.4 is 24.3 Å². The van der Waals surface area contributed by atoms with Gasteiger partial charge >= 0.3 is 0 Å². The van der Waals surface area contributed by atoms with Crippen LogP contribution in [0.3, 0.4) is 0 Å². The number of ether oxygens (including phenoxy) is 4. The van der Waals surface area contributed by atoms with Gasteiger partial charge in [-0.05, 0) is 58.9 Å². The average Bonchev–Trinajstić information content (AvgIpc) is 3.40. The van der Waals surface area contributed by atoms with E-state index >= 15 is 0 Å². The highest BCUT2D eigenvalue weighted by Gasteiger charge is 2.45. The number of hydrogen-bond acceptors (Lipinski definition) is 6. The number of amides is 1. The molecule has 4 rings (SSSR count). The monoisotopic (exact) mass is 507 g/mol. The van der Waals surface area contributed by atoms with E-state index in [4.69, 9.17) is 23.4 Å². The van der Waals surface area contributed by atoms with Crippen molar-refractivity contribution in [2.24, 2.45) is 11.8 Å². The molecule has 0 fully saturated rings. The second-order valence-corrected chi connectivity index (χ2v) is 10.6. The second kappa shape index (κ2) is 10.0. The van der Waals surface area contributed by atoms with Crippen LogP contribution in [0.15, 0.2) is 40.8 Å². The van der Waals surface area contributed by atoms with Crippen LogP contribution in [-0.4, -0.2) is 27.2 Å². The van der Waals surface area contributed by atoms with Crippen LogP contribution in [0.1, 0.15) is 67.8 Å². The van der Waals surface area contributed by atoms with E-state index in [1.54, 1.807) is 31.4 Å². The molecule has 2 unspecified atom stereocenters. The number of carbonyl (C=O) groups is 1. The Bertz CT molecular complexity index is 1280. The van der Waals surface area contributed by atoms with E-state index in [0.717, 1.165) is 11.3 Å². The molecule has 7 heteroatoms. The number of methoxy groups -OCH3 is 3. The Balaban J connectivity index is 1.58. The van der Waals surface area contributed by atoms with Crippen molar-refractivity contribution >= 4 is 11.6 Å². The van der Waals surface area contributed by atoms with Gasteiger partial charge < -0.3 is 28.7 Å². The highest BCUT2D eigenvalue weighted by Crippen LogP contribution is 2.54. The van der Waals surface area contributed by atoms with Crippen molar-refractivity contribution in [2.45, 2.75) is 52.9 Å². The van der Waals surface area contributed by atoms with Gasteiger partial charge in [0.1, 0.15) is 28.7 Å². The first-order chi connectivity index (χ1) is 17.5. The van der Waals surface area contributed by atoms with Crippen molar-refractivity contribution < 1.29 is 28.2 Å². The molecule has 1 N–H and O–H groups in total. The Labute approximate surface area is 219 Å². The van der Waals surface area contributed by atoms with Gasteiger partial charge in [-0.25, -0.2) is 0 Å². The van der Waals surface area contributed by atoms with Crippen molar-refractivity contribution in [1.82, 2.24) is 0 Å². The number of benzene rings is 2. The molecule has 7 nitrogen and oxygen atoms in total. The van der Waals surface area contributed by atoms with E-state index in [2.05, 4.69) is 52.1 Å². The quantitative estimate of drug-likeness (QED) is 0.344. The van der Waals surface area contributed by atoms with Gasteiger partial charge in [-0.1, -0.05) is 40.7 Å². The lowest BCUT2D eigenvalue weighted by atomic mass is 9.74. The van der Waals surface area contributed by atoms with Gasteiger partial charge in [0.2, 0.25) is 0 Å². The van der Waals surface area contributed by atoms with E-state index in [1.807, 2.05) is 6.92 Å². The second-order valence-electron chi connectivity index (χ2n) is 10.6. The highest BCUT2D eigenvalue weighted by atomic mass is 16.6. The van der Waals surface area contributed by atoms with E-state index in [1.165, 1.54) is 25.3 Å². The van der Waals surface area contributed by atoms with Crippen LogP contribution in [0.5, 0.6) is 28.9 Å². The summed E-state index contributed by atoms with van der Waals surface area (Å²) < 4.78 is 28.0. The molecular weight excluding hydrogens is 470 g/mol. The molecule has 1 aliphatic carbocycles. The molecular formula is C30H37NO6. The van der Waals surface area contributed by atoms with E-state index in [9.17, 15) is 4.79 Å². The Hall–Kier alpha value is -3.61. The molecule has 1 aromatic heterocycles. The van der Waals surface area contributed by atoms with Gasteiger partial charge in [0.05, 0.1) is 21.3 Å². The molecule has 3 aromatic rings. The first-order valence-electron chi connectivity index (χ1n) is 12.6. The number of aryl methyl sites for hydroxylation is 1. The van der Waals surface area contributed by atoms with Crippen molar-refractivity contribution in [2.75, 3.05) is 26.6 Å². The van der Waals surface area contributed by atoms with Crippen LogP contribution in [0.4, 0.5) is 5.69 Å². The van der Waals surface area contributed by atoms with Crippen molar-refractivity contribution in [1.29, 1.82) is 0 Å². The molecule has 0 aliphatic heterocycles. The zero-order valence-corrected chi connectivity index (χ0v) is 23.1. The fourth-order valence-electron chi connectivity index (χ4n) is 5.46. The van der Waals surface area contributed by atoms with Gasteiger partial charge in [-0.2, -0.15) is 0 Å². The summed E-state index contributed by atoms with van der Waals surface area (Å²) in [4.78, 5) is 13.0. The average molecular weight is 508 g/mol. The number of hydrogen-bond donors (Lipinski definition) is 1. The summed E-state index contributed by atoms with van der Waals surface area (Å²) in [6.07, 6.45) is 0. The predicted molar refractivity (Wildman–Crippen MR) is 144 cm³/mol. The fourth-order valence-corrected chi connectivity index (χ4v) is 5.46. The summed E-state index contributed by atoms with van der Waals surface area (Å²) >= 11 is 0. The minimum atomic E-state index is -0.460. The minimum Gasteiger partial charge on any atom is -0.496 e. The zero-order valence-electron chi connectivity index (χ0n) is 23.1. The molecule has 0 saturated heterocycles. The third-order valence-corrected chi connectivity index (χ3v) is 7.76. The zero-order chi connectivity index (χ0) is 27.1. The Kier molecular flexibility index (Phi) is 7.18. The maximum Gasteiger partial charge on any atom is 0.291 e. The maximum atomic E-state index is 13.0. The van der Waals surface area contributed by atoms with Crippen LogP contribution in [0, 0.1) is 18.8 Å². The van der Waals surface area contributed by atoms with E-state index in [-0.39, 0.29) is 17.1 Å². The minimum absolute atomic E-state index is 0.0903. The van der Waals surface area contributed by atoms with Crippen molar-refractivity contribution in [3.63, 3.8) is 0 Å². The van der Waals surface area contributed by atoms with Crippen molar-refractivity contribution in [3.8, 4) is 28.9 Å². The SMILES string of the molecule is COc1cc(OC)c(NC(=O)c2ccc(Oc3cc4c(cc3C)C(C)(C)C(C)C4C(C)C)o2)c(OC)c1. The summed E-state index contributed by atoms with van der Waals surface area (Å²) in [5, 5.41) is 2.81. The van der Waals surface area contributed by atoms with Gasteiger partial charge in [-0.3, -0.25) is 4.79 Å². The van der Waals surface area contributed by atoms with Gasteiger partial charge in [0, 0.05) is 18.2 Å². The number of rotatable bonds is 8. The van der Waals surface area contributed by atoms with Gasteiger partial charge in [0.25, 0.3) is 11.9 Å². The first-order valence-corrected chi connectivity index (χ1v) is 12.6. The molecule has 0 saturated carbocycles. The smallest absolute Gasteiger partial charge is 0.291 e. The maximum absolute atomic E-state index is 13.0. The first kappa shape index (κ1) is 26.5. The third kappa shape index (κ3) is 4.75. The predicted octanol–water partition coefficient (Wildman–Crippen LogP) is 7.33. The summed E-state index contributed by atoms with van der Waals surface area (Å²) in [6, 6.07) is 10.9. The molecule has 198 valence electrons. The van der Waals surface area contributed by atoms with Gasteiger partial charge in [0.15, 0.2) is 5.76 Å². The van der Waals surface area contributed by atoms with E-state index in [0.29, 0.717) is 40.7 Å². The van der Waals surface area contributed by atoms with Crippen LogP contribution in [0.25, 0.3) is 0 Å². The molecule has 0 radical (unpaired) electrons. The molecule has 37 heavy (non-hydrogen) atoms. The molecule has 2 atom stereocenters. The van der Waals surface area contributed by atoms with Crippen LogP contribution in [-0.2, 0) is 5.41 Å². The lowest BCUT2D eigenvalue weighted by Gasteiger charge is -2.30. The Morgan fingerprint density at radius 1 is 0.973 bits per heavy atom. The van der Waals surface area contributed by atoms with E-state index < -0.39 is 5.91 Å². The van der Waals surface area contributed by atoms with Crippen molar-refractivity contribution in [3.05, 3.63) is 58.8 Å². The summed E-state index contributed by atoms with van der Waals surface area (Å²) in [7, 11) is 4.56. The largest absolute Gasteiger partial charge is 0.496 e. The molecule has 2 aromatic carbocycles. The summed E-state index contributed by atoms with van der Waals surface area (Å²) in [6.45, 7) is 13.6. The summed E-state index contributed by atoms with van der Waals surface area (Å²) in [5.41, 5.74) is 4.20. The molecule has 0 bridgehead atoms. The third-order valence-electron chi connectivity index (χ3n) is 7.76. The van der Waals surface area contributed by atoms with Gasteiger partial charge in [-0.15, -0.1) is 0 Å².